The van der Waals surface area contributed by atoms with Crippen LogP contribution in [0.25, 0.3) is 0 Å². The fourth-order valence-electron chi connectivity index (χ4n) is 3.59. The number of rotatable bonds is 3. The number of amides is 1. The molecular weight excluding hydrogens is 420 g/mol. The Kier molecular flexibility index (Phi) is 5.63. The average Bonchev–Trinajstić information content (AvgIpc) is 3.16. The lowest BCUT2D eigenvalue weighted by atomic mass is 9.92. The summed E-state index contributed by atoms with van der Waals surface area (Å²) < 4.78 is 82.1. The fourth-order valence-corrected chi connectivity index (χ4v) is 3.59. The van der Waals surface area contributed by atoms with Crippen molar-refractivity contribution in [3.8, 4) is 0 Å². The lowest BCUT2D eigenvalue weighted by molar-refractivity contribution is -0.153. The second-order valence-corrected chi connectivity index (χ2v) is 7.12. The van der Waals surface area contributed by atoms with Crippen LogP contribution in [-0.4, -0.2) is 34.4 Å². The molecule has 11 heteroatoms. The largest absolute Gasteiger partial charge is 0.456 e. The number of hydrogen-bond donors (Lipinski definition) is 3. The summed E-state index contributed by atoms with van der Waals surface area (Å²) in [6.07, 6.45) is -12.4. The number of carbonyl (C=O) groups excluding carboxylic acids is 1. The topological polar surface area (TPSA) is 82.7 Å². The Labute approximate surface area is 166 Å². The van der Waals surface area contributed by atoms with Gasteiger partial charge in [0.1, 0.15) is 11.9 Å². The molecular formula is C19H17F6NO4. The van der Waals surface area contributed by atoms with Crippen LogP contribution in [0.4, 0.5) is 26.3 Å². The summed E-state index contributed by atoms with van der Waals surface area (Å²) in [6, 6.07) is 3.57. The molecule has 1 fully saturated rings. The molecule has 1 aromatic carbocycles. The predicted octanol–water partition coefficient (Wildman–Crippen LogP) is 3.63. The molecule has 2 aromatic rings. The Balaban J connectivity index is 1.87. The zero-order chi connectivity index (χ0) is 22.4. The highest BCUT2D eigenvalue weighted by Crippen LogP contribution is 2.38. The van der Waals surface area contributed by atoms with Gasteiger partial charge in [0.25, 0.3) is 5.91 Å². The molecule has 1 aliphatic rings. The number of aliphatic hydroxyl groups excluding tert-OH is 2. The Hall–Kier alpha value is -2.53. The van der Waals surface area contributed by atoms with Gasteiger partial charge in [0.15, 0.2) is 0 Å². The van der Waals surface area contributed by atoms with Gasteiger partial charge in [0.2, 0.25) is 5.76 Å². The molecule has 0 aliphatic heterocycles. The third kappa shape index (κ3) is 4.31. The van der Waals surface area contributed by atoms with Gasteiger partial charge < -0.3 is 19.9 Å². The molecule has 3 N–H and O–H groups in total. The molecule has 1 aromatic heterocycles. The first-order valence-electron chi connectivity index (χ1n) is 8.81. The van der Waals surface area contributed by atoms with E-state index in [0.717, 1.165) is 30.3 Å². The highest BCUT2D eigenvalue weighted by Gasteiger charge is 2.45. The molecule has 1 aliphatic carbocycles. The molecule has 3 rings (SSSR count). The maximum atomic E-state index is 13.1. The number of hydrogen-bond acceptors (Lipinski definition) is 4. The first kappa shape index (κ1) is 22.2. The predicted molar refractivity (Wildman–Crippen MR) is 90.5 cm³/mol. The molecule has 164 valence electrons. The van der Waals surface area contributed by atoms with Crippen molar-refractivity contribution in [1.29, 1.82) is 0 Å². The van der Waals surface area contributed by atoms with Crippen LogP contribution in [0.3, 0.4) is 0 Å². The van der Waals surface area contributed by atoms with Gasteiger partial charge in [-0.15, -0.1) is 0 Å². The van der Waals surface area contributed by atoms with Crippen LogP contribution >= 0.6 is 0 Å². The smallest absolute Gasteiger partial charge is 0.450 e. The quantitative estimate of drug-likeness (QED) is 0.641. The Morgan fingerprint density at radius 2 is 1.67 bits per heavy atom. The summed E-state index contributed by atoms with van der Waals surface area (Å²) in [4.78, 5) is 12.5. The monoisotopic (exact) mass is 437 g/mol. The molecule has 1 amide bonds. The molecule has 0 saturated heterocycles. The molecule has 1 heterocycles. The Morgan fingerprint density at radius 1 is 1.07 bits per heavy atom. The number of halogens is 6. The first-order valence-corrected chi connectivity index (χ1v) is 8.81. The van der Waals surface area contributed by atoms with E-state index in [9.17, 15) is 41.4 Å². The van der Waals surface area contributed by atoms with Gasteiger partial charge in [-0.2, -0.15) is 26.3 Å². The molecule has 4 atom stereocenters. The van der Waals surface area contributed by atoms with E-state index in [-0.39, 0.29) is 17.7 Å². The summed E-state index contributed by atoms with van der Waals surface area (Å²) in [5, 5.41) is 22.5. The third-order valence-corrected chi connectivity index (χ3v) is 5.01. The van der Waals surface area contributed by atoms with Crippen LogP contribution < -0.4 is 5.32 Å². The van der Waals surface area contributed by atoms with E-state index in [1.165, 1.54) is 6.92 Å². The van der Waals surface area contributed by atoms with Crippen molar-refractivity contribution in [3.05, 3.63) is 58.5 Å². The number of alkyl halides is 6. The second kappa shape index (κ2) is 7.62. The van der Waals surface area contributed by atoms with E-state index in [2.05, 4.69) is 9.73 Å². The standard InChI is InChI=1S/C19H17F6NO4/c1-8-6-12(16(30-8)19(23,24)25)17(29)26-14-11(7-13(27)15(14)28)9-2-4-10(5-3-9)18(20,21)22/h2-6,11,13-15,27-28H,7H2,1H3,(H,26,29). The van der Waals surface area contributed by atoms with Gasteiger partial charge in [-0.05, 0) is 37.1 Å². The van der Waals surface area contributed by atoms with E-state index in [1.807, 2.05) is 0 Å². The van der Waals surface area contributed by atoms with Gasteiger partial charge >= 0.3 is 12.4 Å². The van der Waals surface area contributed by atoms with Gasteiger partial charge in [0, 0.05) is 5.92 Å². The van der Waals surface area contributed by atoms with Crippen LogP contribution in [-0.2, 0) is 12.4 Å². The van der Waals surface area contributed by atoms with Crippen LogP contribution in [0.15, 0.2) is 34.7 Å². The minimum atomic E-state index is -4.93. The average molecular weight is 437 g/mol. The van der Waals surface area contributed by atoms with Gasteiger partial charge in [-0.25, -0.2) is 0 Å². The second-order valence-electron chi connectivity index (χ2n) is 7.12. The molecule has 1 saturated carbocycles. The van der Waals surface area contributed by atoms with Crippen molar-refractivity contribution in [2.75, 3.05) is 0 Å². The molecule has 30 heavy (non-hydrogen) atoms. The molecule has 0 radical (unpaired) electrons. The summed E-state index contributed by atoms with van der Waals surface area (Å²) in [5.41, 5.74) is -1.42. The van der Waals surface area contributed by atoms with Crippen molar-refractivity contribution < 1.29 is 45.8 Å². The van der Waals surface area contributed by atoms with Crippen LogP contribution in [0.5, 0.6) is 0 Å². The maximum Gasteiger partial charge on any atom is 0.450 e. The van der Waals surface area contributed by atoms with Crippen LogP contribution in [0.2, 0.25) is 0 Å². The van der Waals surface area contributed by atoms with Crippen LogP contribution in [0.1, 0.15) is 45.3 Å². The molecule has 5 nitrogen and oxygen atoms in total. The molecule has 0 bridgehead atoms. The van der Waals surface area contributed by atoms with Gasteiger partial charge in [-0.3, -0.25) is 4.79 Å². The third-order valence-electron chi connectivity index (χ3n) is 5.01. The highest BCUT2D eigenvalue weighted by atomic mass is 19.4. The van der Waals surface area contributed by atoms with Crippen molar-refractivity contribution >= 4 is 5.91 Å². The molecule has 0 spiro atoms. The van der Waals surface area contributed by atoms with E-state index < -0.39 is 59.3 Å². The maximum absolute atomic E-state index is 13.1. The van der Waals surface area contributed by atoms with E-state index in [1.54, 1.807) is 0 Å². The number of benzene rings is 1. The first-order chi connectivity index (χ1) is 13.8. The van der Waals surface area contributed by atoms with E-state index >= 15 is 0 Å². The number of furan rings is 1. The van der Waals surface area contributed by atoms with Crippen molar-refractivity contribution in [2.24, 2.45) is 0 Å². The number of aryl methyl sites for hydroxylation is 1. The Morgan fingerprint density at radius 3 is 2.20 bits per heavy atom. The van der Waals surface area contributed by atoms with Gasteiger partial charge in [-0.1, -0.05) is 12.1 Å². The highest BCUT2D eigenvalue weighted by molar-refractivity contribution is 5.95. The summed E-state index contributed by atoms with van der Waals surface area (Å²) >= 11 is 0. The van der Waals surface area contributed by atoms with Crippen LogP contribution in [0, 0.1) is 6.92 Å². The van der Waals surface area contributed by atoms with Crippen molar-refractivity contribution in [1.82, 2.24) is 5.32 Å². The van der Waals surface area contributed by atoms with Gasteiger partial charge in [0.05, 0.1) is 23.3 Å². The SMILES string of the molecule is Cc1cc(C(=O)NC2C(c3ccc(C(F)(F)F)cc3)CC(O)C2O)c(C(F)(F)F)o1. The zero-order valence-corrected chi connectivity index (χ0v) is 15.4. The zero-order valence-electron chi connectivity index (χ0n) is 15.4. The summed E-state index contributed by atoms with van der Waals surface area (Å²) in [6.45, 7) is 1.23. The summed E-state index contributed by atoms with van der Waals surface area (Å²) in [7, 11) is 0. The minimum Gasteiger partial charge on any atom is -0.456 e. The van der Waals surface area contributed by atoms with Crippen molar-refractivity contribution in [3.63, 3.8) is 0 Å². The van der Waals surface area contributed by atoms with E-state index in [4.69, 9.17) is 0 Å². The van der Waals surface area contributed by atoms with E-state index in [0.29, 0.717) is 0 Å². The number of aliphatic hydroxyl groups is 2. The number of carbonyl (C=O) groups is 1. The minimum absolute atomic E-state index is 0.103. The fraction of sp³-hybridized carbons (Fsp3) is 0.421. The normalized spacial score (nSPS) is 24.8. The molecule has 4 unspecified atom stereocenters. The lowest BCUT2D eigenvalue weighted by Crippen LogP contribution is -2.45. The summed E-state index contributed by atoms with van der Waals surface area (Å²) in [5.74, 6) is -3.66. The van der Waals surface area contributed by atoms with Crippen molar-refractivity contribution in [2.45, 2.75) is 49.9 Å². The lowest BCUT2D eigenvalue weighted by Gasteiger charge is -2.24. The number of nitrogens with one attached hydrogen (secondary N) is 1. The Bertz CT molecular complexity index is 919.